The summed E-state index contributed by atoms with van der Waals surface area (Å²) in [4.78, 5) is 17.2. The normalized spacial score (nSPS) is 18.6. The van der Waals surface area contributed by atoms with Gasteiger partial charge in [0.2, 0.25) is 0 Å². The number of aromatic nitrogens is 1. The standard InChI is InChI=1S/C25H32F3N3O3/c1-23(2,3)34-18-7-6-17(16-19(18)33-5)22(32)30-12-10-24(11-13-30)20-8-9-21(25(26,27)28)31(20)15-14-29(24)4/h6-9,16H,10-15H2,1-5H3. The van der Waals surface area contributed by atoms with Crippen LogP contribution in [-0.2, 0) is 18.3 Å². The third kappa shape index (κ3) is 4.37. The topological polar surface area (TPSA) is 46.9 Å². The van der Waals surface area contributed by atoms with Crippen molar-refractivity contribution in [1.82, 2.24) is 14.4 Å². The zero-order chi connectivity index (χ0) is 24.9. The van der Waals surface area contributed by atoms with Crippen LogP contribution in [0, 0.1) is 0 Å². The van der Waals surface area contributed by atoms with Gasteiger partial charge in [-0.1, -0.05) is 0 Å². The van der Waals surface area contributed by atoms with Gasteiger partial charge in [-0.05, 0) is 71.0 Å². The summed E-state index contributed by atoms with van der Waals surface area (Å²) < 4.78 is 53.2. The van der Waals surface area contributed by atoms with Crippen LogP contribution in [0.25, 0.3) is 0 Å². The number of ether oxygens (including phenoxy) is 2. The fourth-order valence-electron chi connectivity index (χ4n) is 5.14. The molecule has 0 aliphatic carbocycles. The molecular formula is C25H32F3N3O3. The maximum absolute atomic E-state index is 13.5. The van der Waals surface area contributed by atoms with Crippen molar-refractivity contribution < 1.29 is 27.4 Å². The number of hydrogen-bond acceptors (Lipinski definition) is 4. The molecule has 1 aromatic heterocycles. The smallest absolute Gasteiger partial charge is 0.431 e. The van der Waals surface area contributed by atoms with Gasteiger partial charge in [0.1, 0.15) is 11.3 Å². The predicted molar refractivity (Wildman–Crippen MR) is 122 cm³/mol. The Kier molecular flexibility index (Phi) is 6.12. The first kappa shape index (κ1) is 24.4. The molecule has 4 rings (SSSR count). The van der Waals surface area contributed by atoms with E-state index in [1.807, 2.05) is 27.8 Å². The Balaban J connectivity index is 1.53. The summed E-state index contributed by atoms with van der Waals surface area (Å²) in [5.74, 6) is 0.924. The van der Waals surface area contributed by atoms with Crippen LogP contribution in [0.1, 0.15) is 55.4 Å². The first-order valence-corrected chi connectivity index (χ1v) is 11.5. The molecule has 1 spiro atoms. The zero-order valence-corrected chi connectivity index (χ0v) is 20.3. The summed E-state index contributed by atoms with van der Waals surface area (Å²) in [6, 6.07) is 7.93. The third-order valence-electron chi connectivity index (χ3n) is 6.84. The maximum Gasteiger partial charge on any atom is 0.431 e. The molecule has 2 aliphatic rings. The quantitative estimate of drug-likeness (QED) is 0.636. The second kappa shape index (κ2) is 8.52. The number of likely N-dealkylation sites (N-methyl/N-ethyl adjacent to an activating group) is 1. The lowest BCUT2D eigenvalue weighted by atomic mass is 9.81. The number of methoxy groups -OCH3 is 1. The Bertz CT molecular complexity index is 1060. The molecule has 0 N–H and O–H groups in total. The fourth-order valence-corrected chi connectivity index (χ4v) is 5.14. The number of benzene rings is 1. The SMILES string of the molecule is COc1cc(C(=O)N2CCC3(CC2)c2ccc(C(F)(F)F)n2CCN3C)ccc1OC(C)(C)C. The van der Waals surface area contributed by atoms with Crippen molar-refractivity contribution in [2.24, 2.45) is 0 Å². The molecule has 1 aromatic carbocycles. The van der Waals surface area contributed by atoms with E-state index in [-0.39, 0.29) is 5.91 Å². The van der Waals surface area contributed by atoms with E-state index in [0.29, 0.717) is 61.8 Å². The first-order chi connectivity index (χ1) is 15.9. The highest BCUT2D eigenvalue weighted by Crippen LogP contribution is 2.44. The number of amides is 1. The Morgan fingerprint density at radius 2 is 1.65 bits per heavy atom. The van der Waals surface area contributed by atoms with Gasteiger partial charge in [0.05, 0.1) is 12.6 Å². The van der Waals surface area contributed by atoms with Crippen molar-refractivity contribution in [3.8, 4) is 11.5 Å². The molecule has 1 amide bonds. The molecule has 1 saturated heterocycles. The lowest BCUT2D eigenvalue weighted by Crippen LogP contribution is -2.56. The Morgan fingerprint density at radius 3 is 2.24 bits per heavy atom. The summed E-state index contributed by atoms with van der Waals surface area (Å²) in [7, 11) is 3.49. The summed E-state index contributed by atoms with van der Waals surface area (Å²) in [6.45, 7) is 7.56. The van der Waals surface area contributed by atoms with Crippen molar-refractivity contribution >= 4 is 5.91 Å². The van der Waals surface area contributed by atoms with E-state index in [0.717, 1.165) is 0 Å². The average molecular weight is 480 g/mol. The van der Waals surface area contributed by atoms with Crippen LogP contribution in [0.4, 0.5) is 13.2 Å². The minimum atomic E-state index is -4.38. The number of fused-ring (bicyclic) bond motifs is 2. The molecule has 3 heterocycles. The van der Waals surface area contributed by atoms with Crippen LogP contribution in [-0.4, -0.2) is 59.7 Å². The van der Waals surface area contributed by atoms with Crippen LogP contribution in [0.3, 0.4) is 0 Å². The van der Waals surface area contributed by atoms with Gasteiger partial charge in [0.15, 0.2) is 11.5 Å². The molecule has 2 aromatic rings. The molecule has 0 bridgehead atoms. The predicted octanol–water partition coefficient (Wildman–Crippen LogP) is 4.77. The minimum absolute atomic E-state index is 0.125. The molecule has 34 heavy (non-hydrogen) atoms. The molecule has 0 atom stereocenters. The third-order valence-corrected chi connectivity index (χ3v) is 6.84. The number of rotatable bonds is 3. The van der Waals surface area contributed by atoms with E-state index in [4.69, 9.17) is 9.47 Å². The van der Waals surface area contributed by atoms with Gasteiger partial charge in [-0.2, -0.15) is 13.2 Å². The number of carbonyl (C=O) groups excluding carboxylic acids is 1. The van der Waals surface area contributed by atoms with Gasteiger partial charge in [-0.3, -0.25) is 9.69 Å². The maximum atomic E-state index is 13.5. The molecule has 9 heteroatoms. The molecule has 0 unspecified atom stereocenters. The van der Waals surface area contributed by atoms with Crippen molar-refractivity contribution in [2.75, 3.05) is 33.8 Å². The summed E-state index contributed by atoms with van der Waals surface area (Å²) in [5, 5.41) is 0. The van der Waals surface area contributed by atoms with Crippen molar-refractivity contribution in [1.29, 1.82) is 0 Å². The molecule has 2 aliphatic heterocycles. The van der Waals surface area contributed by atoms with Gasteiger partial charge in [0, 0.05) is 37.4 Å². The molecule has 6 nitrogen and oxygen atoms in total. The number of hydrogen-bond donors (Lipinski definition) is 0. The molecule has 186 valence electrons. The number of likely N-dealkylation sites (tertiary alicyclic amines) is 1. The molecule has 1 fully saturated rings. The Labute approximate surface area is 198 Å². The van der Waals surface area contributed by atoms with E-state index in [1.165, 1.54) is 17.7 Å². The van der Waals surface area contributed by atoms with Crippen molar-refractivity contribution in [3.05, 3.63) is 47.3 Å². The van der Waals surface area contributed by atoms with E-state index in [9.17, 15) is 18.0 Å². The van der Waals surface area contributed by atoms with Gasteiger partial charge < -0.3 is 18.9 Å². The number of nitrogens with zero attached hydrogens (tertiary/aromatic N) is 3. The summed E-state index contributed by atoms with van der Waals surface area (Å²) >= 11 is 0. The Morgan fingerprint density at radius 1 is 0.971 bits per heavy atom. The van der Waals surface area contributed by atoms with Crippen LogP contribution < -0.4 is 9.47 Å². The molecule has 0 saturated carbocycles. The fraction of sp³-hybridized carbons (Fsp3) is 0.560. The van der Waals surface area contributed by atoms with Crippen LogP contribution >= 0.6 is 0 Å². The lowest BCUT2D eigenvalue weighted by Gasteiger charge is -2.50. The average Bonchev–Trinajstić information content (AvgIpc) is 3.21. The molecular weight excluding hydrogens is 447 g/mol. The van der Waals surface area contributed by atoms with Gasteiger partial charge in [-0.15, -0.1) is 0 Å². The second-order valence-corrected chi connectivity index (χ2v) is 10.1. The van der Waals surface area contributed by atoms with E-state index < -0.39 is 23.0 Å². The number of piperidine rings is 1. The van der Waals surface area contributed by atoms with Crippen molar-refractivity contribution in [2.45, 2.75) is 57.5 Å². The first-order valence-electron chi connectivity index (χ1n) is 11.5. The monoisotopic (exact) mass is 479 g/mol. The van der Waals surface area contributed by atoms with Gasteiger partial charge in [0.25, 0.3) is 5.91 Å². The highest BCUT2D eigenvalue weighted by Gasteiger charge is 2.47. The van der Waals surface area contributed by atoms with E-state index >= 15 is 0 Å². The summed E-state index contributed by atoms with van der Waals surface area (Å²) in [5.41, 5.74) is -0.339. The van der Waals surface area contributed by atoms with Crippen LogP contribution in [0.5, 0.6) is 11.5 Å². The largest absolute Gasteiger partial charge is 0.493 e. The van der Waals surface area contributed by atoms with Gasteiger partial charge in [-0.25, -0.2) is 0 Å². The number of alkyl halides is 3. The lowest BCUT2D eigenvalue weighted by molar-refractivity contribution is -0.144. The highest BCUT2D eigenvalue weighted by atomic mass is 19.4. The van der Waals surface area contributed by atoms with E-state index in [1.54, 1.807) is 29.2 Å². The number of carbonyl (C=O) groups is 1. The van der Waals surface area contributed by atoms with Crippen LogP contribution in [0.2, 0.25) is 0 Å². The highest BCUT2D eigenvalue weighted by molar-refractivity contribution is 5.95. The zero-order valence-electron chi connectivity index (χ0n) is 20.3. The Hall–Kier alpha value is -2.68. The van der Waals surface area contributed by atoms with Crippen molar-refractivity contribution in [3.63, 3.8) is 0 Å². The number of halogens is 3. The van der Waals surface area contributed by atoms with Gasteiger partial charge >= 0.3 is 6.18 Å². The second-order valence-electron chi connectivity index (χ2n) is 10.1. The molecule has 0 radical (unpaired) electrons. The summed E-state index contributed by atoms with van der Waals surface area (Å²) in [6.07, 6.45) is -3.24. The minimum Gasteiger partial charge on any atom is -0.493 e. The van der Waals surface area contributed by atoms with E-state index in [2.05, 4.69) is 4.90 Å². The van der Waals surface area contributed by atoms with Crippen LogP contribution in [0.15, 0.2) is 30.3 Å².